The van der Waals surface area contributed by atoms with Gasteiger partial charge in [0.1, 0.15) is 5.82 Å². The van der Waals surface area contributed by atoms with E-state index in [0.717, 1.165) is 16.7 Å². The highest BCUT2D eigenvalue weighted by atomic mass is 19.1. The van der Waals surface area contributed by atoms with Gasteiger partial charge in [-0.15, -0.1) is 0 Å². The lowest BCUT2D eigenvalue weighted by molar-refractivity contribution is 0.104. The monoisotopic (exact) mass is 302 g/mol. The molecule has 112 valence electrons. The molecule has 0 heterocycles. The number of allylic oxidation sites excluding steroid dienone is 1. The maximum atomic E-state index is 13.4. The van der Waals surface area contributed by atoms with Crippen LogP contribution in [0.15, 0.2) is 84.9 Å². The van der Waals surface area contributed by atoms with Crippen molar-refractivity contribution in [1.29, 1.82) is 0 Å². The predicted octanol–water partition coefficient (Wildman–Crippen LogP) is 5.39. The minimum absolute atomic E-state index is 0.0559. The van der Waals surface area contributed by atoms with Gasteiger partial charge < -0.3 is 0 Å². The molecule has 0 amide bonds. The number of hydrogen-bond acceptors (Lipinski definition) is 1. The van der Waals surface area contributed by atoms with Crippen LogP contribution in [0.1, 0.15) is 15.9 Å². The number of carbonyl (C=O) groups excluding carboxylic acids is 1. The molecule has 0 radical (unpaired) electrons. The second-order valence-corrected chi connectivity index (χ2v) is 5.16. The Morgan fingerprint density at radius 2 is 1.57 bits per heavy atom. The van der Waals surface area contributed by atoms with Crippen molar-refractivity contribution in [3.8, 4) is 11.1 Å². The molecule has 0 aliphatic heterocycles. The summed E-state index contributed by atoms with van der Waals surface area (Å²) in [5.41, 5.74) is 3.20. The van der Waals surface area contributed by atoms with Gasteiger partial charge in [0.2, 0.25) is 0 Å². The second-order valence-electron chi connectivity index (χ2n) is 5.16. The predicted molar refractivity (Wildman–Crippen MR) is 91.6 cm³/mol. The molecule has 0 N–H and O–H groups in total. The van der Waals surface area contributed by atoms with E-state index in [1.807, 2.05) is 48.5 Å². The third-order valence-corrected chi connectivity index (χ3v) is 3.57. The number of rotatable bonds is 4. The number of hydrogen-bond donors (Lipinski definition) is 0. The van der Waals surface area contributed by atoms with E-state index in [1.165, 1.54) is 12.1 Å². The maximum absolute atomic E-state index is 13.4. The Morgan fingerprint density at radius 3 is 2.35 bits per heavy atom. The van der Waals surface area contributed by atoms with Crippen LogP contribution >= 0.6 is 0 Å². The molecule has 3 aromatic carbocycles. The van der Waals surface area contributed by atoms with Crippen LogP contribution in [0, 0.1) is 5.82 Å². The molecule has 23 heavy (non-hydrogen) atoms. The number of benzene rings is 3. The summed E-state index contributed by atoms with van der Waals surface area (Å²) in [6.45, 7) is 0. The first-order valence-electron chi connectivity index (χ1n) is 7.36. The van der Waals surface area contributed by atoms with Gasteiger partial charge in [0.25, 0.3) is 0 Å². The summed E-state index contributed by atoms with van der Waals surface area (Å²) in [6, 6.07) is 23.2. The zero-order chi connectivity index (χ0) is 16.1. The molecule has 1 nitrogen and oxygen atoms in total. The minimum Gasteiger partial charge on any atom is -0.289 e. The molecule has 0 aliphatic carbocycles. The third kappa shape index (κ3) is 3.61. The summed E-state index contributed by atoms with van der Waals surface area (Å²) in [5.74, 6) is -0.332. The van der Waals surface area contributed by atoms with Crippen molar-refractivity contribution >= 4 is 11.9 Å². The molecule has 2 heteroatoms. The zero-order valence-electron chi connectivity index (χ0n) is 12.4. The van der Waals surface area contributed by atoms with E-state index < -0.39 is 0 Å². The van der Waals surface area contributed by atoms with Crippen molar-refractivity contribution < 1.29 is 9.18 Å². The Balaban J connectivity index is 1.92. The first-order valence-corrected chi connectivity index (χ1v) is 7.36. The quantitative estimate of drug-likeness (QED) is 0.466. The van der Waals surface area contributed by atoms with Gasteiger partial charge in [0, 0.05) is 5.56 Å². The highest BCUT2D eigenvalue weighted by Gasteiger charge is 2.05. The molecular weight excluding hydrogens is 287 g/mol. The van der Waals surface area contributed by atoms with Crippen molar-refractivity contribution in [2.24, 2.45) is 0 Å². The van der Waals surface area contributed by atoms with E-state index in [9.17, 15) is 9.18 Å². The molecule has 0 spiro atoms. The van der Waals surface area contributed by atoms with E-state index in [2.05, 4.69) is 0 Å². The van der Waals surface area contributed by atoms with Crippen molar-refractivity contribution in [2.75, 3.05) is 0 Å². The van der Waals surface area contributed by atoms with Crippen LogP contribution in [0.5, 0.6) is 0 Å². The van der Waals surface area contributed by atoms with E-state index in [-0.39, 0.29) is 11.6 Å². The summed E-state index contributed by atoms with van der Waals surface area (Å²) in [6.07, 6.45) is 3.32. The van der Waals surface area contributed by atoms with Crippen molar-refractivity contribution in [3.05, 3.63) is 102 Å². The van der Waals surface area contributed by atoms with Gasteiger partial charge in [0.15, 0.2) is 5.78 Å². The first-order chi connectivity index (χ1) is 11.2. The molecule has 0 saturated heterocycles. The van der Waals surface area contributed by atoms with Gasteiger partial charge in [-0.2, -0.15) is 0 Å². The van der Waals surface area contributed by atoms with Crippen LogP contribution in [0.3, 0.4) is 0 Å². The molecule has 0 fully saturated rings. The average Bonchev–Trinajstić information content (AvgIpc) is 2.60. The third-order valence-electron chi connectivity index (χ3n) is 3.57. The van der Waals surface area contributed by atoms with Crippen LogP contribution in [-0.4, -0.2) is 5.78 Å². The van der Waals surface area contributed by atoms with Crippen LogP contribution in [-0.2, 0) is 0 Å². The molecule has 3 aromatic rings. The number of halogens is 1. The van der Waals surface area contributed by atoms with E-state index >= 15 is 0 Å². The van der Waals surface area contributed by atoms with Crippen LogP contribution in [0.2, 0.25) is 0 Å². The minimum atomic E-state index is -0.276. The second kappa shape index (κ2) is 6.84. The first kappa shape index (κ1) is 14.9. The number of carbonyl (C=O) groups is 1. The van der Waals surface area contributed by atoms with E-state index in [1.54, 1.807) is 30.4 Å². The highest BCUT2D eigenvalue weighted by molar-refractivity contribution is 6.07. The molecule has 0 bridgehead atoms. The van der Waals surface area contributed by atoms with Gasteiger partial charge in [-0.25, -0.2) is 4.39 Å². The Bertz CT molecular complexity index is 850. The average molecular weight is 302 g/mol. The summed E-state index contributed by atoms with van der Waals surface area (Å²) < 4.78 is 13.4. The molecule has 0 aromatic heterocycles. The summed E-state index contributed by atoms with van der Waals surface area (Å²) in [7, 11) is 0. The lowest BCUT2D eigenvalue weighted by Crippen LogP contribution is -1.93. The van der Waals surface area contributed by atoms with Gasteiger partial charge in [-0.1, -0.05) is 72.8 Å². The Morgan fingerprint density at radius 1 is 0.826 bits per heavy atom. The summed E-state index contributed by atoms with van der Waals surface area (Å²) in [5, 5.41) is 0. The topological polar surface area (TPSA) is 17.1 Å². The molecule has 0 atom stereocenters. The Hall–Kier alpha value is -3.00. The molecule has 0 unspecified atom stereocenters. The van der Waals surface area contributed by atoms with Crippen molar-refractivity contribution in [3.63, 3.8) is 0 Å². The largest absolute Gasteiger partial charge is 0.289 e. The standard InChI is InChI=1S/C21H15FO/c22-19-11-6-10-18(15-19)20-12-5-4-7-16(20)13-14-21(23)17-8-2-1-3-9-17/h1-15H. The van der Waals surface area contributed by atoms with Crippen LogP contribution in [0.4, 0.5) is 4.39 Å². The Kier molecular flexibility index (Phi) is 4.44. The maximum Gasteiger partial charge on any atom is 0.185 e. The highest BCUT2D eigenvalue weighted by Crippen LogP contribution is 2.25. The van der Waals surface area contributed by atoms with Gasteiger partial charge >= 0.3 is 0 Å². The van der Waals surface area contributed by atoms with Crippen LogP contribution in [0.25, 0.3) is 17.2 Å². The van der Waals surface area contributed by atoms with Gasteiger partial charge in [-0.3, -0.25) is 4.79 Å². The smallest absolute Gasteiger partial charge is 0.185 e. The van der Waals surface area contributed by atoms with Gasteiger partial charge in [-0.05, 0) is 34.9 Å². The van der Waals surface area contributed by atoms with E-state index in [0.29, 0.717) is 5.56 Å². The fourth-order valence-electron chi connectivity index (χ4n) is 2.43. The number of ketones is 1. The van der Waals surface area contributed by atoms with Crippen molar-refractivity contribution in [1.82, 2.24) is 0 Å². The normalized spacial score (nSPS) is 10.8. The molecule has 0 saturated carbocycles. The van der Waals surface area contributed by atoms with Crippen LogP contribution < -0.4 is 0 Å². The zero-order valence-corrected chi connectivity index (χ0v) is 12.4. The molecule has 0 aliphatic rings. The van der Waals surface area contributed by atoms with Gasteiger partial charge in [0.05, 0.1) is 0 Å². The SMILES string of the molecule is O=C(C=Cc1ccccc1-c1cccc(F)c1)c1ccccc1. The lowest BCUT2D eigenvalue weighted by atomic mass is 9.98. The fraction of sp³-hybridized carbons (Fsp3) is 0. The lowest BCUT2D eigenvalue weighted by Gasteiger charge is -2.06. The Labute approximate surface area is 134 Å². The fourth-order valence-corrected chi connectivity index (χ4v) is 2.43. The summed E-state index contributed by atoms with van der Waals surface area (Å²) >= 11 is 0. The molecule has 3 rings (SSSR count). The van der Waals surface area contributed by atoms with Crippen molar-refractivity contribution in [2.45, 2.75) is 0 Å². The summed E-state index contributed by atoms with van der Waals surface area (Å²) in [4.78, 5) is 12.2. The molecular formula is C21H15FO. The van der Waals surface area contributed by atoms with E-state index in [4.69, 9.17) is 0 Å².